The van der Waals surface area contributed by atoms with Gasteiger partial charge >= 0.3 is 0 Å². The lowest BCUT2D eigenvalue weighted by molar-refractivity contribution is -0.0427. The second-order valence-electron chi connectivity index (χ2n) is 4.70. The number of sulfone groups is 1. The summed E-state index contributed by atoms with van der Waals surface area (Å²) in [5.74, 6) is 0.344. The normalized spacial score (nSPS) is 40.0. The van der Waals surface area contributed by atoms with Crippen LogP contribution in [0.5, 0.6) is 0 Å². The van der Waals surface area contributed by atoms with Crippen molar-refractivity contribution >= 4 is 9.84 Å². The van der Waals surface area contributed by atoms with E-state index in [9.17, 15) is 8.42 Å². The van der Waals surface area contributed by atoms with E-state index in [-0.39, 0.29) is 29.7 Å². The zero-order chi connectivity index (χ0) is 11.8. The maximum absolute atomic E-state index is 11.5. The first-order chi connectivity index (χ1) is 7.52. The van der Waals surface area contributed by atoms with Crippen molar-refractivity contribution in [2.75, 3.05) is 31.2 Å². The summed E-state index contributed by atoms with van der Waals surface area (Å²) in [6.07, 6.45) is 1.19. The Kier molecular flexibility index (Phi) is 3.53. The molecule has 0 amide bonds. The first-order valence-corrected chi connectivity index (χ1v) is 7.65. The lowest BCUT2D eigenvalue weighted by atomic mass is 10.1. The number of morpholine rings is 1. The van der Waals surface area contributed by atoms with Gasteiger partial charge in [0.25, 0.3) is 0 Å². The predicted molar refractivity (Wildman–Crippen MR) is 62.0 cm³/mol. The molecule has 2 N–H and O–H groups in total. The van der Waals surface area contributed by atoms with E-state index in [2.05, 4.69) is 11.8 Å². The summed E-state index contributed by atoms with van der Waals surface area (Å²) < 4.78 is 28.6. The van der Waals surface area contributed by atoms with Gasteiger partial charge in [-0.25, -0.2) is 8.42 Å². The fraction of sp³-hybridized carbons (Fsp3) is 1.00. The number of nitrogens with zero attached hydrogens (tertiary/aromatic N) is 1. The first kappa shape index (κ1) is 12.3. The maximum atomic E-state index is 11.5. The molecule has 94 valence electrons. The average molecular weight is 248 g/mol. The van der Waals surface area contributed by atoms with Gasteiger partial charge in [0.05, 0.1) is 24.2 Å². The molecule has 0 aromatic rings. The number of rotatable bonds is 2. The zero-order valence-electron chi connectivity index (χ0n) is 9.63. The van der Waals surface area contributed by atoms with E-state index in [1.807, 2.05) is 0 Å². The van der Waals surface area contributed by atoms with Crippen LogP contribution in [0.4, 0.5) is 0 Å². The minimum Gasteiger partial charge on any atom is -0.376 e. The van der Waals surface area contributed by atoms with Crippen molar-refractivity contribution in [3.63, 3.8) is 0 Å². The predicted octanol–water partition coefficient (Wildman–Crippen LogP) is -0.778. The third-order valence-electron chi connectivity index (χ3n) is 3.46. The van der Waals surface area contributed by atoms with Crippen molar-refractivity contribution < 1.29 is 13.2 Å². The number of hydrogen-bond donors (Lipinski definition) is 1. The molecule has 2 aliphatic rings. The van der Waals surface area contributed by atoms with E-state index >= 15 is 0 Å². The minimum absolute atomic E-state index is 0.0112. The number of hydrogen-bond acceptors (Lipinski definition) is 5. The zero-order valence-corrected chi connectivity index (χ0v) is 10.4. The molecule has 3 unspecified atom stereocenters. The highest BCUT2D eigenvalue weighted by Gasteiger charge is 2.40. The van der Waals surface area contributed by atoms with Gasteiger partial charge in [-0.05, 0) is 6.42 Å². The smallest absolute Gasteiger partial charge is 0.153 e. The quantitative estimate of drug-likeness (QED) is 0.694. The molecule has 0 radical (unpaired) electrons. The van der Waals surface area contributed by atoms with Gasteiger partial charge in [0, 0.05) is 25.2 Å². The summed E-state index contributed by atoms with van der Waals surface area (Å²) in [6.45, 7) is 4.37. The molecule has 0 aromatic heterocycles. The highest BCUT2D eigenvalue weighted by atomic mass is 32.2. The van der Waals surface area contributed by atoms with Gasteiger partial charge in [-0.1, -0.05) is 6.92 Å². The van der Waals surface area contributed by atoms with Crippen molar-refractivity contribution in [1.29, 1.82) is 0 Å². The van der Waals surface area contributed by atoms with Gasteiger partial charge in [0.1, 0.15) is 0 Å². The van der Waals surface area contributed by atoms with E-state index in [0.29, 0.717) is 6.61 Å². The highest BCUT2D eigenvalue weighted by Crippen LogP contribution is 2.20. The molecule has 2 fully saturated rings. The molecule has 16 heavy (non-hydrogen) atoms. The largest absolute Gasteiger partial charge is 0.376 e. The molecular weight excluding hydrogens is 228 g/mol. The molecule has 5 nitrogen and oxygen atoms in total. The molecule has 2 rings (SSSR count). The van der Waals surface area contributed by atoms with Crippen molar-refractivity contribution in [2.45, 2.75) is 31.5 Å². The van der Waals surface area contributed by atoms with Crippen molar-refractivity contribution in [1.82, 2.24) is 4.90 Å². The minimum atomic E-state index is -2.93. The monoisotopic (exact) mass is 248 g/mol. The van der Waals surface area contributed by atoms with Gasteiger partial charge in [0.15, 0.2) is 9.84 Å². The molecule has 2 aliphatic heterocycles. The fourth-order valence-corrected chi connectivity index (χ4v) is 4.45. The van der Waals surface area contributed by atoms with Crippen LogP contribution in [0.15, 0.2) is 0 Å². The Balaban J connectivity index is 2.02. The van der Waals surface area contributed by atoms with Crippen molar-refractivity contribution in [3.05, 3.63) is 0 Å². The van der Waals surface area contributed by atoms with Gasteiger partial charge < -0.3 is 10.5 Å². The topological polar surface area (TPSA) is 72.6 Å². The molecule has 0 aromatic carbocycles. The molecule has 0 bridgehead atoms. The molecule has 2 heterocycles. The number of nitrogens with two attached hydrogens (primary N) is 1. The molecule has 0 aliphatic carbocycles. The van der Waals surface area contributed by atoms with Crippen molar-refractivity contribution in [3.8, 4) is 0 Å². The van der Waals surface area contributed by atoms with Crippen molar-refractivity contribution in [2.24, 2.45) is 5.73 Å². The van der Waals surface area contributed by atoms with Gasteiger partial charge in [-0.2, -0.15) is 0 Å². The van der Waals surface area contributed by atoms with Crippen LogP contribution < -0.4 is 5.73 Å². The van der Waals surface area contributed by atoms with E-state index in [1.165, 1.54) is 0 Å². The highest BCUT2D eigenvalue weighted by molar-refractivity contribution is 7.91. The molecule has 6 heteroatoms. The van der Waals surface area contributed by atoms with Gasteiger partial charge in [-0.3, -0.25) is 4.90 Å². The Bertz CT molecular complexity index is 344. The van der Waals surface area contributed by atoms with E-state index in [1.54, 1.807) is 0 Å². The third-order valence-corrected chi connectivity index (χ3v) is 5.20. The van der Waals surface area contributed by atoms with E-state index in [4.69, 9.17) is 10.5 Å². The summed E-state index contributed by atoms with van der Waals surface area (Å²) in [5.41, 5.74) is 5.91. The summed E-state index contributed by atoms with van der Waals surface area (Å²) in [7, 11) is -2.93. The van der Waals surface area contributed by atoms with Crippen LogP contribution >= 0.6 is 0 Å². The van der Waals surface area contributed by atoms with Crippen LogP contribution in [0.2, 0.25) is 0 Å². The van der Waals surface area contributed by atoms with Crippen LogP contribution in [-0.4, -0.2) is 62.7 Å². The summed E-state index contributed by atoms with van der Waals surface area (Å²) in [5, 5.41) is 0. The fourth-order valence-electron chi connectivity index (χ4n) is 2.52. The van der Waals surface area contributed by atoms with Crippen LogP contribution in [0, 0.1) is 0 Å². The summed E-state index contributed by atoms with van der Waals surface area (Å²) >= 11 is 0. The second-order valence-corrected chi connectivity index (χ2v) is 6.86. The first-order valence-electron chi connectivity index (χ1n) is 5.83. The standard InChI is InChI=1S/C10H20N2O3S/c1-2-8-5-12(3-4-15-8)10-7-16(13,14)6-9(10)11/h8-10H,2-7,11H2,1H3. The molecule has 3 atom stereocenters. The molecule has 0 spiro atoms. The Morgan fingerprint density at radius 2 is 2.19 bits per heavy atom. The van der Waals surface area contributed by atoms with Gasteiger partial charge in [-0.15, -0.1) is 0 Å². The Labute approximate surface area is 96.9 Å². The van der Waals surface area contributed by atoms with E-state index < -0.39 is 9.84 Å². The Hall–Kier alpha value is -0.170. The summed E-state index contributed by atoms with van der Waals surface area (Å²) in [4.78, 5) is 2.19. The van der Waals surface area contributed by atoms with Crippen LogP contribution in [0.25, 0.3) is 0 Å². The van der Waals surface area contributed by atoms with Gasteiger partial charge in [0.2, 0.25) is 0 Å². The average Bonchev–Trinajstić information content (AvgIpc) is 2.52. The second kappa shape index (κ2) is 4.60. The van der Waals surface area contributed by atoms with E-state index in [0.717, 1.165) is 19.5 Å². The lowest BCUT2D eigenvalue weighted by Crippen LogP contribution is -2.53. The number of ether oxygens (including phenoxy) is 1. The maximum Gasteiger partial charge on any atom is 0.153 e. The Morgan fingerprint density at radius 3 is 2.75 bits per heavy atom. The van der Waals surface area contributed by atoms with Crippen LogP contribution in [0.3, 0.4) is 0 Å². The molecular formula is C10H20N2O3S. The third kappa shape index (κ3) is 2.56. The summed E-state index contributed by atoms with van der Waals surface area (Å²) in [6, 6.07) is -0.247. The Morgan fingerprint density at radius 1 is 1.44 bits per heavy atom. The van der Waals surface area contributed by atoms with Crippen LogP contribution in [0.1, 0.15) is 13.3 Å². The lowest BCUT2D eigenvalue weighted by Gasteiger charge is -2.37. The SMILES string of the molecule is CCC1CN(C2CS(=O)(=O)CC2N)CCO1. The molecule has 2 saturated heterocycles. The molecule has 0 saturated carbocycles. The van der Waals surface area contributed by atoms with Crippen LogP contribution in [-0.2, 0) is 14.6 Å².